The SMILES string of the molecule is [CH2]C(C=C)c1cc(SC)cc([N+](=O)[O-])c1. The third kappa shape index (κ3) is 2.83. The molecular formula is C11H12NO2S. The molecule has 0 amide bonds. The molecular weight excluding hydrogens is 210 g/mol. The first kappa shape index (κ1) is 11.8. The van der Waals surface area contributed by atoms with Gasteiger partial charge in [0.2, 0.25) is 0 Å². The minimum absolute atomic E-state index is 0.104. The Morgan fingerprint density at radius 1 is 1.53 bits per heavy atom. The molecule has 1 aromatic rings. The van der Waals surface area contributed by atoms with Gasteiger partial charge in [0.1, 0.15) is 0 Å². The van der Waals surface area contributed by atoms with Gasteiger partial charge in [0, 0.05) is 22.9 Å². The normalized spacial score (nSPS) is 12.1. The summed E-state index contributed by atoms with van der Waals surface area (Å²) < 4.78 is 0. The third-order valence-corrected chi connectivity index (χ3v) is 2.78. The first-order valence-corrected chi connectivity index (χ1v) is 5.60. The van der Waals surface area contributed by atoms with Gasteiger partial charge in [-0.1, -0.05) is 6.08 Å². The van der Waals surface area contributed by atoms with Crippen LogP contribution in [0.1, 0.15) is 11.5 Å². The Morgan fingerprint density at radius 3 is 2.67 bits per heavy atom. The zero-order chi connectivity index (χ0) is 11.4. The molecule has 1 unspecified atom stereocenters. The number of rotatable bonds is 4. The van der Waals surface area contributed by atoms with Crippen molar-refractivity contribution in [2.75, 3.05) is 6.26 Å². The molecule has 0 aliphatic carbocycles. The van der Waals surface area contributed by atoms with Crippen molar-refractivity contribution in [2.24, 2.45) is 0 Å². The second-order valence-electron chi connectivity index (χ2n) is 3.06. The van der Waals surface area contributed by atoms with E-state index in [-0.39, 0.29) is 16.5 Å². The van der Waals surface area contributed by atoms with E-state index in [0.717, 1.165) is 10.5 Å². The van der Waals surface area contributed by atoms with Gasteiger partial charge in [-0.3, -0.25) is 10.1 Å². The maximum atomic E-state index is 10.7. The summed E-state index contributed by atoms with van der Waals surface area (Å²) in [4.78, 5) is 11.2. The molecule has 0 heterocycles. The topological polar surface area (TPSA) is 43.1 Å². The van der Waals surface area contributed by atoms with E-state index in [4.69, 9.17) is 0 Å². The van der Waals surface area contributed by atoms with Crippen LogP contribution >= 0.6 is 11.8 Å². The minimum Gasteiger partial charge on any atom is -0.258 e. The molecule has 0 aliphatic heterocycles. The maximum absolute atomic E-state index is 10.7. The largest absolute Gasteiger partial charge is 0.270 e. The Kier molecular flexibility index (Phi) is 3.91. The zero-order valence-corrected chi connectivity index (χ0v) is 9.29. The van der Waals surface area contributed by atoms with Crippen LogP contribution in [0.15, 0.2) is 35.7 Å². The highest BCUT2D eigenvalue weighted by molar-refractivity contribution is 7.98. The van der Waals surface area contributed by atoms with E-state index < -0.39 is 0 Å². The Hall–Kier alpha value is -1.29. The summed E-state index contributed by atoms with van der Waals surface area (Å²) in [5, 5.41) is 10.7. The Morgan fingerprint density at radius 2 is 2.20 bits per heavy atom. The number of nitro groups is 1. The highest BCUT2D eigenvalue weighted by Gasteiger charge is 2.11. The number of nitro benzene ring substituents is 1. The number of non-ortho nitro benzene ring substituents is 1. The van der Waals surface area contributed by atoms with Crippen molar-refractivity contribution in [1.82, 2.24) is 0 Å². The van der Waals surface area contributed by atoms with Gasteiger partial charge in [-0.2, -0.15) is 0 Å². The highest BCUT2D eigenvalue weighted by atomic mass is 32.2. The van der Waals surface area contributed by atoms with Crippen LogP contribution in [-0.4, -0.2) is 11.2 Å². The standard InChI is InChI=1S/C11H12NO2S/c1-4-8(2)9-5-10(12(13)14)7-11(6-9)15-3/h4-8H,1-2H2,3H3. The van der Waals surface area contributed by atoms with Crippen LogP contribution in [0.2, 0.25) is 0 Å². The van der Waals surface area contributed by atoms with Gasteiger partial charge in [-0.05, 0) is 24.8 Å². The Labute approximate surface area is 93.3 Å². The summed E-state index contributed by atoms with van der Waals surface area (Å²) in [7, 11) is 0. The lowest BCUT2D eigenvalue weighted by Crippen LogP contribution is -1.94. The van der Waals surface area contributed by atoms with Crippen molar-refractivity contribution in [3.8, 4) is 0 Å². The van der Waals surface area contributed by atoms with Crippen LogP contribution in [-0.2, 0) is 0 Å². The van der Waals surface area contributed by atoms with Crippen molar-refractivity contribution < 1.29 is 4.92 Å². The van der Waals surface area contributed by atoms with Gasteiger partial charge in [0.25, 0.3) is 5.69 Å². The molecule has 0 saturated carbocycles. The van der Waals surface area contributed by atoms with Crippen LogP contribution in [0.25, 0.3) is 0 Å². The van der Waals surface area contributed by atoms with E-state index in [1.807, 2.05) is 12.3 Å². The van der Waals surface area contributed by atoms with Gasteiger partial charge < -0.3 is 0 Å². The molecule has 0 fully saturated rings. The summed E-state index contributed by atoms with van der Waals surface area (Å²) in [5.74, 6) is -0.115. The molecule has 1 atom stereocenters. The molecule has 0 aliphatic rings. The summed E-state index contributed by atoms with van der Waals surface area (Å²) in [6, 6.07) is 5.00. The van der Waals surface area contributed by atoms with Gasteiger partial charge in [0.15, 0.2) is 0 Å². The molecule has 0 spiro atoms. The first-order chi connectivity index (χ1) is 7.08. The predicted molar refractivity (Wildman–Crippen MR) is 63.2 cm³/mol. The summed E-state index contributed by atoms with van der Waals surface area (Å²) in [6.45, 7) is 7.48. The van der Waals surface area contributed by atoms with E-state index in [1.54, 1.807) is 18.2 Å². The van der Waals surface area contributed by atoms with E-state index in [9.17, 15) is 10.1 Å². The zero-order valence-electron chi connectivity index (χ0n) is 8.47. The number of thioether (sulfide) groups is 1. The summed E-state index contributed by atoms with van der Waals surface area (Å²) in [6.07, 6.45) is 3.55. The minimum atomic E-state index is -0.390. The first-order valence-electron chi connectivity index (χ1n) is 4.37. The third-order valence-electron chi connectivity index (χ3n) is 2.07. The van der Waals surface area contributed by atoms with Crippen molar-refractivity contribution in [3.05, 3.63) is 53.5 Å². The highest BCUT2D eigenvalue weighted by Crippen LogP contribution is 2.27. The van der Waals surface area contributed by atoms with Crippen LogP contribution < -0.4 is 0 Å². The quantitative estimate of drug-likeness (QED) is 0.339. The van der Waals surface area contributed by atoms with Crippen LogP contribution in [0.3, 0.4) is 0 Å². The fourth-order valence-corrected chi connectivity index (χ4v) is 1.67. The number of hydrogen-bond acceptors (Lipinski definition) is 3. The molecule has 15 heavy (non-hydrogen) atoms. The Balaban J connectivity index is 3.22. The fourth-order valence-electron chi connectivity index (χ4n) is 1.18. The number of benzene rings is 1. The van der Waals surface area contributed by atoms with Gasteiger partial charge in [-0.15, -0.1) is 18.3 Å². The molecule has 1 aromatic carbocycles. The molecule has 0 bridgehead atoms. The second-order valence-corrected chi connectivity index (χ2v) is 3.94. The lowest BCUT2D eigenvalue weighted by molar-refractivity contribution is -0.385. The number of hydrogen-bond donors (Lipinski definition) is 0. The lowest BCUT2D eigenvalue weighted by atomic mass is 10.0. The predicted octanol–water partition coefficient (Wildman–Crippen LogP) is 3.42. The van der Waals surface area contributed by atoms with Crippen molar-refractivity contribution in [3.63, 3.8) is 0 Å². The molecule has 79 valence electrons. The van der Waals surface area contributed by atoms with E-state index in [2.05, 4.69) is 13.5 Å². The molecule has 0 N–H and O–H groups in total. The van der Waals surface area contributed by atoms with E-state index in [0.29, 0.717) is 0 Å². The molecule has 1 rings (SSSR count). The van der Waals surface area contributed by atoms with Gasteiger partial charge in [0.05, 0.1) is 4.92 Å². The second kappa shape index (κ2) is 4.98. The van der Waals surface area contributed by atoms with Crippen LogP contribution in [0, 0.1) is 17.0 Å². The van der Waals surface area contributed by atoms with Crippen molar-refractivity contribution >= 4 is 17.4 Å². The van der Waals surface area contributed by atoms with Crippen molar-refractivity contribution in [2.45, 2.75) is 10.8 Å². The molecule has 4 heteroatoms. The van der Waals surface area contributed by atoms with E-state index >= 15 is 0 Å². The monoisotopic (exact) mass is 222 g/mol. The van der Waals surface area contributed by atoms with Crippen molar-refractivity contribution in [1.29, 1.82) is 0 Å². The maximum Gasteiger partial charge on any atom is 0.270 e. The smallest absolute Gasteiger partial charge is 0.258 e. The molecule has 0 saturated heterocycles. The molecule has 3 nitrogen and oxygen atoms in total. The van der Waals surface area contributed by atoms with Gasteiger partial charge >= 0.3 is 0 Å². The fraction of sp³-hybridized carbons (Fsp3) is 0.182. The Bertz CT molecular complexity index is 390. The lowest BCUT2D eigenvalue weighted by Gasteiger charge is -2.07. The van der Waals surface area contributed by atoms with Crippen LogP contribution in [0.4, 0.5) is 5.69 Å². The average molecular weight is 222 g/mol. The molecule has 1 radical (unpaired) electrons. The molecule has 0 aromatic heterocycles. The van der Waals surface area contributed by atoms with Crippen LogP contribution in [0.5, 0.6) is 0 Å². The van der Waals surface area contributed by atoms with Gasteiger partial charge in [-0.25, -0.2) is 0 Å². The average Bonchev–Trinajstić information content (AvgIpc) is 2.27. The number of nitrogens with zero attached hydrogens (tertiary/aromatic N) is 1. The summed E-state index contributed by atoms with van der Waals surface area (Å²) >= 11 is 1.48. The number of allylic oxidation sites excluding steroid dienone is 1. The summed E-state index contributed by atoms with van der Waals surface area (Å²) in [5.41, 5.74) is 0.927. The van der Waals surface area contributed by atoms with E-state index in [1.165, 1.54) is 11.8 Å².